The van der Waals surface area contributed by atoms with Gasteiger partial charge in [0.1, 0.15) is 5.60 Å². The van der Waals surface area contributed by atoms with E-state index in [1.807, 2.05) is 32.6 Å². The quantitative estimate of drug-likeness (QED) is 0.747. The first-order valence-corrected chi connectivity index (χ1v) is 8.06. The highest BCUT2D eigenvalue weighted by Crippen LogP contribution is 2.28. The molecule has 0 bridgehead atoms. The molecule has 1 aliphatic carbocycles. The molecule has 120 valence electrons. The van der Waals surface area contributed by atoms with Crippen LogP contribution in [-0.2, 0) is 9.53 Å². The zero-order valence-electron chi connectivity index (χ0n) is 13.7. The van der Waals surface area contributed by atoms with Crippen molar-refractivity contribution >= 4 is 12.0 Å². The van der Waals surface area contributed by atoms with Gasteiger partial charge in [-0.05, 0) is 40.5 Å². The number of hydrogen-bond donors (Lipinski definition) is 0. The van der Waals surface area contributed by atoms with E-state index >= 15 is 0 Å². The zero-order valence-corrected chi connectivity index (χ0v) is 13.7. The molecule has 0 spiro atoms. The lowest BCUT2D eigenvalue weighted by molar-refractivity contribution is -0.139. The van der Waals surface area contributed by atoms with Crippen LogP contribution in [0.5, 0.6) is 0 Å². The van der Waals surface area contributed by atoms with Crippen molar-refractivity contribution in [2.75, 3.05) is 19.6 Å². The molecule has 0 aromatic rings. The number of nitrogens with zero attached hydrogens (tertiary/aromatic N) is 2. The van der Waals surface area contributed by atoms with Crippen molar-refractivity contribution in [1.82, 2.24) is 9.80 Å². The summed E-state index contributed by atoms with van der Waals surface area (Å²) in [5.41, 5.74) is -0.475. The fraction of sp³-hybridized carbons (Fsp3) is 0.875. The molecule has 1 atom stereocenters. The summed E-state index contributed by atoms with van der Waals surface area (Å²) in [7, 11) is 0. The van der Waals surface area contributed by atoms with Crippen molar-refractivity contribution in [2.45, 2.75) is 65.0 Å². The maximum absolute atomic E-state index is 12.5. The lowest BCUT2D eigenvalue weighted by Crippen LogP contribution is -2.57. The first kappa shape index (κ1) is 16.1. The van der Waals surface area contributed by atoms with Crippen molar-refractivity contribution in [3.63, 3.8) is 0 Å². The molecule has 2 fully saturated rings. The molecule has 1 unspecified atom stereocenters. The van der Waals surface area contributed by atoms with E-state index < -0.39 is 5.60 Å². The smallest absolute Gasteiger partial charge is 0.410 e. The number of piperazine rings is 1. The monoisotopic (exact) mass is 296 g/mol. The molecule has 2 aliphatic rings. The maximum atomic E-state index is 12.5. The van der Waals surface area contributed by atoms with Crippen LogP contribution in [0.25, 0.3) is 0 Å². The normalized spacial score (nSPS) is 24.3. The van der Waals surface area contributed by atoms with Gasteiger partial charge in [0.05, 0.1) is 0 Å². The van der Waals surface area contributed by atoms with E-state index in [0.29, 0.717) is 19.6 Å². The minimum absolute atomic E-state index is 0.0689. The van der Waals surface area contributed by atoms with Gasteiger partial charge in [-0.3, -0.25) is 4.79 Å². The molecule has 1 saturated heterocycles. The second kappa shape index (κ2) is 6.24. The van der Waals surface area contributed by atoms with Gasteiger partial charge in [-0.1, -0.05) is 12.8 Å². The van der Waals surface area contributed by atoms with Crippen molar-refractivity contribution in [2.24, 2.45) is 5.92 Å². The summed E-state index contributed by atoms with van der Waals surface area (Å²) in [6.45, 7) is 9.38. The summed E-state index contributed by atoms with van der Waals surface area (Å²) in [6, 6.07) is 0.0689. The van der Waals surface area contributed by atoms with Crippen LogP contribution >= 0.6 is 0 Å². The highest BCUT2D eigenvalue weighted by Gasteiger charge is 2.35. The van der Waals surface area contributed by atoms with E-state index in [9.17, 15) is 9.59 Å². The van der Waals surface area contributed by atoms with E-state index in [4.69, 9.17) is 4.74 Å². The zero-order chi connectivity index (χ0) is 15.6. The van der Waals surface area contributed by atoms with Gasteiger partial charge in [-0.25, -0.2) is 4.79 Å². The number of carbonyl (C=O) groups is 2. The van der Waals surface area contributed by atoms with Gasteiger partial charge in [0.25, 0.3) is 0 Å². The van der Waals surface area contributed by atoms with Gasteiger partial charge in [0, 0.05) is 31.6 Å². The molecular weight excluding hydrogens is 268 g/mol. The van der Waals surface area contributed by atoms with Gasteiger partial charge in [0.2, 0.25) is 5.91 Å². The van der Waals surface area contributed by atoms with E-state index in [-0.39, 0.29) is 24.0 Å². The standard InChI is InChI=1S/C16H28N2O3/c1-12-11-17(15(20)21-16(2,3)4)9-10-18(12)14(19)13-7-5-6-8-13/h12-13H,5-11H2,1-4H3. The van der Waals surface area contributed by atoms with E-state index in [1.54, 1.807) is 4.90 Å². The van der Waals surface area contributed by atoms with Crippen molar-refractivity contribution < 1.29 is 14.3 Å². The number of ether oxygens (including phenoxy) is 1. The lowest BCUT2D eigenvalue weighted by atomic mass is 10.0. The number of hydrogen-bond acceptors (Lipinski definition) is 3. The van der Waals surface area contributed by atoms with Crippen LogP contribution in [0.3, 0.4) is 0 Å². The second-order valence-corrected chi connectivity index (χ2v) is 7.29. The summed E-state index contributed by atoms with van der Waals surface area (Å²) in [4.78, 5) is 28.3. The van der Waals surface area contributed by atoms with E-state index in [1.165, 1.54) is 12.8 Å². The molecule has 5 nitrogen and oxygen atoms in total. The third-order valence-corrected chi connectivity index (χ3v) is 4.27. The molecule has 21 heavy (non-hydrogen) atoms. The molecular formula is C16H28N2O3. The van der Waals surface area contributed by atoms with Crippen LogP contribution < -0.4 is 0 Å². The highest BCUT2D eigenvalue weighted by atomic mass is 16.6. The van der Waals surface area contributed by atoms with Crippen molar-refractivity contribution in [1.29, 1.82) is 0 Å². The number of carbonyl (C=O) groups excluding carboxylic acids is 2. The summed E-state index contributed by atoms with van der Waals surface area (Å²) >= 11 is 0. The summed E-state index contributed by atoms with van der Waals surface area (Å²) in [5.74, 6) is 0.490. The predicted octanol–water partition coefficient (Wildman–Crippen LogP) is 2.64. The number of rotatable bonds is 1. The Hall–Kier alpha value is -1.26. The van der Waals surface area contributed by atoms with Crippen molar-refractivity contribution in [3.8, 4) is 0 Å². The van der Waals surface area contributed by atoms with Gasteiger partial charge in [-0.15, -0.1) is 0 Å². The van der Waals surface area contributed by atoms with Crippen LogP contribution in [0, 0.1) is 5.92 Å². The molecule has 5 heteroatoms. The largest absolute Gasteiger partial charge is 0.444 e. The minimum atomic E-state index is -0.475. The average molecular weight is 296 g/mol. The Kier molecular flexibility index (Phi) is 4.79. The Morgan fingerprint density at radius 1 is 1.10 bits per heavy atom. The summed E-state index contributed by atoms with van der Waals surface area (Å²) in [6.07, 6.45) is 4.11. The SMILES string of the molecule is CC1CN(C(=O)OC(C)(C)C)CCN1C(=O)C1CCCC1. The summed E-state index contributed by atoms with van der Waals surface area (Å²) in [5, 5.41) is 0. The molecule has 1 aliphatic heterocycles. The molecule has 0 radical (unpaired) electrons. The second-order valence-electron chi connectivity index (χ2n) is 7.29. The third kappa shape index (κ3) is 4.11. The number of amides is 2. The Morgan fingerprint density at radius 3 is 2.24 bits per heavy atom. The third-order valence-electron chi connectivity index (χ3n) is 4.27. The van der Waals surface area contributed by atoms with Crippen LogP contribution in [-0.4, -0.2) is 53.1 Å². The van der Waals surface area contributed by atoms with Crippen molar-refractivity contribution in [3.05, 3.63) is 0 Å². The average Bonchev–Trinajstić information content (AvgIpc) is 2.89. The molecule has 1 saturated carbocycles. The molecule has 0 N–H and O–H groups in total. The summed E-state index contributed by atoms with van der Waals surface area (Å²) < 4.78 is 5.40. The molecule has 2 amide bonds. The Bertz CT molecular complexity index is 397. The minimum Gasteiger partial charge on any atom is -0.444 e. The van der Waals surface area contributed by atoms with Gasteiger partial charge >= 0.3 is 6.09 Å². The fourth-order valence-electron chi connectivity index (χ4n) is 3.18. The van der Waals surface area contributed by atoms with Gasteiger partial charge in [0.15, 0.2) is 0 Å². The van der Waals surface area contributed by atoms with Gasteiger partial charge < -0.3 is 14.5 Å². The molecule has 2 rings (SSSR count). The Balaban J connectivity index is 1.89. The van der Waals surface area contributed by atoms with E-state index in [0.717, 1.165) is 12.8 Å². The first-order chi connectivity index (χ1) is 9.78. The van der Waals surface area contributed by atoms with Crippen LogP contribution in [0.2, 0.25) is 0 Å². The predicted molar refractivity (Wildman–Crippen MR) is 80.9 cm³/mol. The molecule has 0 aromatic heterocycles. The van der Waals surface area contributed by atoms with E-state index in [2.05, 4.69) is 0 Å². The maximum Gasteiger partial charge on any atom is 0.410 e. The van der Waals surface area contributed by atoms with Crippen LogP contribution in [0.15, 0.2) is 0 Å². The molecule has 0 aromatic carbocycles. The first-order valence-electron chi connectivity index (χ1n) is 8.06. The van der Waals surface area contributed by atoms with Gasteiger partial charge in [-0.2, -0.15) is 0 Å². The molecule has 1 heterocycles. The topological polar surface area (TPSA) is 49.9 Å². The Labute approximate surface area is 127 Å². The van der Waals surface area contributed by atoms with Crippen LogP contribution in [0.4, 0.5) is 4.79 Å². The highest BCUT2D eigenvalue weighted by molar-refractivity contribution is 5.80. The Morgan fingerprint density at radius 2 is 1.71 bits per heavy atom. The lowest BCUT2D eigenvalue weighted by Gasteiger charge is -2.41. The van der Waals surface area contributed by atoms with Crippen LogP contribution in [0.1, 0.15) is 53.4 Å². The fourth-order valence-corrected chi connectivity index (χ4v) is 3.18.